The van der Waals surface area contributed by atoms with E-state index in [2.05, 4.69) is 0 Å². The molecule has 0 atom stereocenters. The molecule has 4 N–H and O–H groups in total. The number of benzene rings is 2. The Morgan fingerprint density at radius 2 is 1.74 bits per heavy atom. The summed E-state index contributed by atoms with van der Waals surface area (Å²) < 4.78 is 0. The van der Waals surface area contributed by atoms with Crippen LogP contribution in [0.2, 0.25) is 0 Å². The van der Waals surface area contributed by atoms with E-state index in [1.54, 1.807) is 36.4 Å². The van der Waals surface area contributed by atoms with Gasteiger partial charge in [-0.2, -0.15) is 0 Å². The molecule has 2 aromatic rings. The quantitative estimate of drug-likeness (QED) is 0.696. The smallest absolute Gasteiger partial charge is 0.423 e. The molecule has 0 heterocycles. The van der Waals surface area contributed by atoms with Crippen LogP contribution in [0.15, 0.2) is 42.5 Å². The Balaban J connectivity index is 2.45. The van der Waals surface area contributed by atoms with E-state index in [1.807, 2.05) is 13.0 Å². The van der Waals surface area contributed by atoms with Crippen molar-refractivity contribution in [2.24, 2.45) is 5.73 Å². The topological polar surface area (TPSA) is 83.6 Å². The van der Waals surface area contributed by atoms with E-state index in [-0.39, 0.29) is 0 Å². The van der Waals surface area contributed by atoms with Crippen LogP contribution in [0.25, 0.3) is 11.1 Å². The van der Waals surface area contributed by atoms with Crippen molar-refractivity contribution in [3.63, 3.8) is 0 Å². The summed E-state index contributed by atoms with van der Waals surface area (Å²) in [5, 5.41) is 18.4. The van der Waals surface area contributed by atoms with Gasteiger partial charge in [0.2, 0.25) is 5.91 Å². The normalized spacial score (nSPS) is 10.3. The molecule has 0 fully saturated rings. The molecule has 0 saturated heterocycles. The monoisotopic (exact) mass is 255 g/mol. The zero-order valence-electron chi connectivity index (χ0n) is 10.5. The maximum absolute atomic E-state index is 11.0. The summed E-state index contributed by atoms with van der Waals surface area (Å²) in [6.45, 7) is 1.94. The SMILES string of the molecule is Cc1ccc(B(O)O)cc1-c1ccc(C(N)=O)cc1. The third-order valence-electron chi connectivity index (χ3n) is 3.04. The number of carbonyl (C=O) groups is 1. The van der Waals surface area contributed by atoms with Crippen molar-refractivity contribution in [3.8, 4) is 11.1 Å². The average Bonchev–Trinajstić information content (AvgIpc) is 2.39. The first kappa shape index (κ1) is 13.3. The van der Waals surface area contributed by atoms with Gasteiger partial charge >= 0.3 is 7.12 Å². The van der Waals surface area contributed by atoms with Crippen LogP contribution in [0.1, 0.15) is 15.9 Å². The number of hydrogen-bond acceptors (Lipinski definition) is 3. The molecule has 4 nitrogen and oxygen atoms in total. The Hall–Kier alpha value is -2.11. The summed E-state index contributed by atoms with van der Waals surface area (Å²) in [6, 6.07) is 12.1. The zero-order chi connectivity index (χ0) is 14.0. The third kappa shape index (κ3) is 2.84. The van der Waals surface area contributed by atoms with Crippen molar-refractivity contribution in [2.75, 3.05) is 0 Å². The van der Waals surface area contributed by atoms with Crippen LogP contribution >= 0.6 is 0 Å². The van der Waals surface area contributed by atoms with Gasteiger partial charge in [-0.25, -0.2) is 0 Å². The van der Waals surface area contributed by atoms with Crippen molar-refractivity contribution < 1.29 is 14.8 Å². The molecule has 2 aromatic carbocycles. The number of primary amides is 1. The lowest BCUT2D eigenvalue weighted by molar-refractivity contribution is 0.100. The molecule has 0 bridgehead atoms. The molecule has 5 heteroatoms. The van der Waals surface area contributed by atoms with Crippen molar-refractivity contribution >= 4 is 18.5 Å². The Kier molecular flexibility index (Phi) is 3.69. The Labute approximate surface area is 111 Å². The van der Waals surface area contributed by atoms with Gasteiger partial charge in [0, 0.05) is 5.56 Å². The zero-order valence-corrected chi connectivity index (χ0v) is 10.5. The molecule has 19 heavy (non-hydrogen) atoms. The molecule has 1 amide bonds. The van der Waals surface area contributed by atoms with E-state index >= 15 is 0 Å². The molecule has 0 aliphatic heterocycles. The van der Waals surface area contributed by atoms with Crippen molar-refractivity contribution in [3.05, 3.63) is 53.6 Å². The van der Waals surface area contributed by atoms with Crippen LogP contribution in [0.4, 0.5) is 0 Å². The molecule has 0 spiro atoms. The molecule has 96 valence electrons. The second-order valence-electron chi connectivity index (χ2n) is 4.39. The van der Waals surface area contributed by atoms with E-state index in [0.29, 0.717) is 11.0 Å². The van der Waals surface area contributed by atoms with Gasteiger partial charge < -0.3 is 15.8 Å². The van der Waals surface area contributed by atoms with Gasteiger partial charge in [-0.15, -0.1) is 0 Å². The van der Waals surface area contributed by atoms with E-state index < -0.39 is 13.0 Å². The molecule has 0 aromatic heterocycles. The number of hydrogen-bond donors (Lipinski definition) is 3. The second kappa shape index (κ2) is 5.26. The first-order valence-electron chi connectivity index (χ1n) is 5.86. The summed E-state index contributed by atoms with van der Waals surface area (Å²) in [7, 11) is -1.50. The van der Waals surface area contributed by atoms with Gasteiger partial charge in [0.15, 0.2) is 0 Å². The number of amides is 1. The molecular weight excluding hydrogens is 241 g/mol. The minimum Gasteiger partial charge on any atom is -0.423 e. The highest BCUT2D eigenvalue weighted by molar-refractivity contribution is 6.58. The van der Waals surface area contributed by atoms with E-state index in [9.17, 15) is 14.8 Å². The minimum atomic E-state index is -1.50. The first-order valence-corrected chi connectivity index (χ1v) is 5.86. The lowest BCUT2D eigenvalue weighted by atomic mass is 9.78. The lowest BCUT2D eigenvalue weighted by Gasteiger charge is -2.09. The predicted octanol–water partition coefficient (Wildman–Crippen LogP) is 0.441. The van der Waals surface area contributed by atoms with Crippen molar-refractivity contribution in [1.82, 2.24) is 0 Å². The fourth-order valence-corrected chi connectivity index (χ4v) is 1.93. The van der Waals surface area contributed by atoms with E-state index in [0.717, 1.165) is 16.7 Å². The number of rotatable bonds is 3. The van der Waals surface area contributed by atoms with Crippen LogP contribution in [0.5, 0.6) is 0 Å². The second-order valence-corrected chi connectivity index (χ2v) is 4.39. The van der Waals surface area contributed by atoms with E-state index in [4.69, 9.17) is 5.73 Å². The molecule has 0 saturated carbocycles. The molecule has 0 aliphatic rings. The van der Waals surface area contributed by atoms with Gasteiger partial charge in [0.05, 0.1) is 0 Å². The largest absolute Gasteiger partial charge is 0.488 e. The lowest BCUT2D eigenvalue weighted by Crippen LogP contribution is -2.29. The van der Waals surface area contributed by atoms with Crippen molar-refractivity contribution in [1.29, 1.82) is 0 Å². The summed E-state index contributed by atoms with van der Waals surface area (Å²) >= 11 is 0. The molecular formula is C14H14BNO3. The maximum Gasteiger partial charge on any atom is 0.488 e. The van der Waals surface area contributed by atoms with Crippen LogP contribution in [0, 0.1) is 6.92 Å². The van der Waals surface area contributed by atoms with Crippen LogP contribution in [-0.2, 0) is 0 Å². The van der Waals surface area contributed by atoms with Crippen LogP contribution < -0.4 is 11.2 Å². The Bertz CT molecular complexity index is 609. The highest BCUT2D eigenvalue weighted by Crippen LogP contribution is 2.22. The summed E-state index contributed by atoms with van der Waals surface area (Å²) in [6.07, 6.45) is 0. The fraction of sp³-hybridized carbons (Fsp3) is 0.0714. The molecule has 0 radical (unpaired) electrons. The molecule has 0 unspecified atom stereocenters. The average molecular weight is 255 g/mol. The number of carbonyl (C=O) groups excluding carboxylic acids is 1. The summed E-state index contributed by atoms with van der Waals surface area (Å²) in [4.78, 5) is 11.0. The van der Waals surface area contributed by atoms with Gasteiger partial charge in [-0.3, -0.25) is 4.79 Å². The number of nitrogens with two attached hydrogens (primary N) is 1. The summed E-state index contributed by atoms with van der Waals surface area (Å²) in [5.41, 5.74) is 8.86. The van der Waals surface area contributed by atoms with E-state index in [1.165, 1.54) is 0 Å². The van der Waals surface area contributed by atoms with Crippen molar-refractivity contribution in [2.45, 2.75) is 6.92 Å². The predicted molar refractivity (Wildman–Crippen MR) is 75.0 cm³/mol. The van der Waals surface area contributed by atoms with Crippen LogP contribution in [0.3, 0.4) is 0 Å². The summed E-state index contributed by atoms with van der Waals surface area (Å²) in [5.74, 6) is -0.470. The van der Waals surface area contributed by atoms with Gasteiger partial charge in [0.25, 0.3) is 0 Å². The van der Waals surface area contributed by atoms with Gasteiger partial charge in [-0.1, -0.05) is 30.3 Å². The Morgan fingerprint density at radius 1 is 1.11 bits per heavy atom. The molecule has 2 rings (SSSR count). The van der Waals surface area contributed by atoms with Gasteiger partial charge in [-0.05, 0) is 41.2 Å². The Morgan fingerprint density at radius 3 is 2.26 bits per heavy atom. The standard InChI is InChI=1S/C14H14BNO3/c1-9-2-7-12(15(18)19)8-13(9)10-3-5-11(6-4-10)14(16)17/h2-8,18-19H,1H3,(H2,16,17). The first-order chi connectivity index (χ1) is 8.99. The highest BCUT2D eigenvalue weighted by atomic mass is 16.4. The minimum absolute atomic E-state index is 0.430. The fourth-order valence-electron chi connectivity index (χ4n) is 1.93. The number of aryl methyl sites for hydroxylation is 1. The highest BCUT2D eigenvalue weighted by Gasteiger charge is 2.13. The molecule has 0 aliphatic carbocycles. The van der Waals surface area contributed by atoms with Gasteiger partial charge in [0.1, 0.15) is 0 Å². The maximum atomic E-state index is 11.0. The van der Waals surface area contributed by atoms with Crippen LogP contribution in [-0.4, -0.2) is 23.1 Å². The third-order valence-corrected chi connectivity index (χ3v) is 3.04.